The van der Waals surface area contributed by atoms with E-state index >= 15 is 0 Å². The first kappa shape index (κ1) is 17.0. The molecule has 128 valence electrons. The van der Waals surface area contributed by atoms with Crippen molar-refractivity contribution in [3.63, 3.8) is 0 Å². The van der Waals surface area contributed by atoms with E-state index in [1.165, 1.54) is 16.7 Å². The fourth-order valence-electron chi connectivity index (χ4n) is 3.09. The molecule has 0 aliphatic carbocycles. The molecule has 0 atom stereocenters. The van der Waals surface area contributed by atoms with E-state index in [1.54, 1.807) is 0 Å². The van der Waals surface area contributed by atoms with Crippen molar-refractivity contribution in [2.24, 2.45) is 0 Å². The molecule has 0 radical (unpaired) electrons. The normalized spacial score (nSPS) is 18.8. The number of nitrogens with one attached hydrogen (secondary N) is 1. The highest BCUT2D eigenvalue weighted by Crippen LogP contribution is 2.27. The van der Waals surface area contributed by atoms with E-state index in [4.69, 9.17) is 4.74 Å². The zero-order valence-corrected chi connectivity index (χ0v) is 15.2. The van der Waals surface area contributed by atoms with Crippen LogP contribution in [0, 0.1) is 6.92 Å². The lowest BCUT2D eigenvalue weighted by Gasteiger charge is -2.16. The molecule has 1 aliphatic heterocycles. The number of fused-ring (bicyclic) bond motifs is 1. The Labute approximate surface area is 150 Å². The molecule has 1 aliphatic rings. The molecule has 0 saturated carbocycles. The molecule has 2 aromatic rings. The summed E-state index contributed by atoms with van der Waals surface area (Å²) in [7, 11) is 0. The van der Waals surface area contributed by atoms with Gasteiger partial charge in [0.2, 0.25) is 5.69 Å². The van der Waals surface area contributed by atoms with Gasteiger partial charge >= 0.3 is 0 Å². The maximum absolute atomic E-state index is 5.94. The van der Waals surface area contributed by atoms with E-state index in [0.717, 1.165) is 23.4 Å². The SMILES string of the molecule is C=C1NC/C=C\[n+]2ccc(-c3ccccc3C)cc2/C(C)=C(/CC)O1. The number of hydrogen-bond donors (Lipinski definition) is 1. The smallest absolute Gasteiger partial charge is 0.217 e. The van der Waals surface area contributed by atoms with Gasteiger partial charge in [0.25, 0.3) is 0 Å². The van der Waals surface area contributed by atoms with Crippen molar-refractivity contribution in [2.75, 3.05) is 6.54 Å². The van der Waals surface area contributed by atoms with Crippen LogP contribution in [0.4, 0.5) is 0 Å². The highest BCUT2D eigenvalue weighted by atomic mass is 16.5. The Morgan fingerprint density at radius 3 is 2.76 bits per heavy atom. The van der Waals surface area contributed by atoms with Gasteiger partial charge in [0, 0.05) is 25.1 Å². The first-order valence-electron chi connectivity index (χ1n) is 8.68. The molecule has 1 aromatic carbocycles. The Bertz CT molecular complexity index is 862. The first-order valence-corrected chi connectivity index (χ1v) is 8.68. The number of hydrogen-bond acceptors (Lipinski definition) is 2. The lowest BCUT2D eigenvalue weighted by Crippen LogP contribution is -2.32. The van der Waals surface area contributed by atoms with Gasteiger partial charge in [0.15, 0.2) is 18.3 Å². The summed E-state index contributed by atoms with van der Waals surface area (Å²) in [5.41, 5.74) is 5.98. The molecule has 0 spiro atoms. The van der Waals surface area contributed by atoms with Gasteiger partial charge in [-0.3, -0.25) is 0 Å². The van der Waals surface area contributed by atoms with Crippen LogP contribution < -0.4 is 9.88 Å². The first-order chi connectivity index (χ1) is 12.1. The van der Waals surface area contributed by atoms with Crippen molar-refractivity contribution in [2.45, 2.75) is 27.2 Å². The monoisotopic (exact) mass is 333 g/mol. The second-order valence-electron chi connectivity index (χ2n) is 6.22. The molecule has 3 heteroatoms. The summed E-state index contributed by atoms with van der Waals surface area (Å²) in [6.07, 6.45) is 7.07. The largest absolute Gasteiger partial charge is 0.446 e. The van der Waals surface area contributed by atoms with Crippen molar-refractivity contribution in [3.05, 3.63) is 78.1 Å². The van der Waals surface area contributed by atoms with Crippen LogP contribution in [-0.2, 0) is 4.74 Å². The lowest BCUT2D eigenvalue weighted by molar-refractivity contribution is -0.571. The van der Waals surface area contributed by atoms with Gasteiger partial charge in [-0.1, -0.05) is 31.2 Å². The maximum Gasteiger partial charge on any atom is 0.217 e. The zero-order chi connectivity index (χ0) is 17.8. The zero-order valence-electron chi connectivity index (χ0n) is 15.2. The van der Waals surface area contributed by atoms with Crippen molar-refractivity contribution < 1.29 is 9.30 Å². The Balaban J connectivity index is 2.18. The van der Waals surface area contributed by atoms with Crippen LogP contribution in [0.2, 0.25) is 0 Å². The second kappa shape index (κ2) is 7.39. The summed E-state index contributed by atoms with van der Waals surface area (Å²) in [6.45, 7) is 11.0. The molecule has 1 aromatic heterocycles. The lowest BCUT2D eigenvalue weighted by atomic mass is 9.99. The predicted octanol–water partition coefficient (Wildman–Crippen LogP) is 4.65. The van der Waals surface area contributed by atoms with Gasteiger partial charge in [-0.25, -0.2) is 0 Å². The molecule has 2 heterocycles. The summed E-state index contributed by atoms with van der Waals surface area (Å²) in [5.74, 6) is 1.52. The van der Waals surface area contributed by atoms with Gasteiger partial charge in [0.1, 0.15) is 5.76 Å². The Hall–Kier alpha value is -2.81. The number of aryl methyl sites for hydroxylation is 1. The molecule has 0 unspecified atom stereocenters. The molecular weight excluding hydrogens is 308 g/mol. The van der Waals surface area contributed by atoms with E-state index in [1.807, 2.05) is 0 Å². The summed E-state index contributed by atoms with van der Waals surface area (Å²) in [5, 5.41) is 3.16. The highest BCUT2D eigenvalue weighted by Gasteiger charge is 2.18. The quantitative estimate of drug-likeness (QED) is 0.809. The summed E-state index contributed by atoms with van der Waals surface area (Å²) >= 11 is 0. The maximum atomic E-state index is 5.94. The molecule has 3 nitrogen and oxygen atoms in total. The fourth-order valence-corrected chi connectivity index (χ4v) is 3.09. The van der Waals surface area contributed by atoms with Crippen LogP contribution in [0.25, 0.3) is 22.9 Å². The molecule has 0 bridgehead atoms. The Kier molecular flexibility index (Phi) is 5.03. The standard InChI is InChI=1S/C22H25N2O/c1-5-22-17(3)21-15-19(20-10-7-6-9-16(20)2)11-14-24(21)13-8-12-23-18(4)25-22/h6-11,13-15,23H,4-5,12H2,1-3H3/q+1/b13-8-,22-17-. The average molecular weight is 333 g/mol. The van der Waals surface area contributed by atoms with Gasteiger partial charge in [-0.2, -0.15) is 4.57 Å². The molecule has 0 amide bonds. The number of aromatic nitrogens is 1. The van der Waals surface area contributed by atoms with Crippen molar-refractivity contribution in [1.29, 1.82) is 0 Å². The number of benzene rings is 1. The van der Waals surface area contributed by atoms with E-state index in [0.29, 0.717) is 12.4 Å². The molecule has 3 rings (SSSR count). The Morgan fingerprint density at radius 2 is 2.00 bits per heavy atom. The molecule has 1 N–H and O–H groups in total. The van der Waals surface area contributed by atoms with Crippen molar-refractivity contribution >= 4 is 11.8 Å². The van der Waals surface area contributed by atoms with Crippen LogP contribution in [0.3, 0.4) is 0 Å². The number of rotatable bonds is 2. The minimum Gasteiger partial charge on any atom is -0.446 e. The number of pyridine rings is 1. The topological polar surface area (TPSA) is 25.1 Å². The van der Waals surface area contributed by atoms with Crippen LogP contribution in [0.5, 0.6) is 0 Å². The van der Waals surface area contributed by atoms with Gasteiger partial charge in [0.05, 0.1) is 5.57 Å². The molecule has 0 fully saturated rings. The minimum atomic E-state index is 0.587. The third kappa shape index (κ3) is 3.66. The molecule has 25 heavy (non-hydrogen) atoms. The van der Waals surface area contributed by atoms with Gasteiger partial charge in [-0.15, -0.1) is 0 Å². The summed E-state index contributed by atoms with van der Waals surface area (Å²) in [6, 6.07) is 12.9. The second-order valence-corrected chi connectivity index (χ2v) is 6.22. The van der Waals surface area contributed by atoms with Crippen molar-refractivity contribution in [1.82, 2.24) is 5.32 Å². The van der Waals surface area contributed by atoms with E-state index in [-0.39, 0.29) is 0 Å². The van der Waals surface area contributed by atoms with Gasteiger partial charge < -0.3 is 10.1 Å². The summed E-state index contributed by atoms with van der Waals surface area (Å²) in [4.78, 5) is 0. The highest BCUT2D eigenvalue weighted by molar-refractivity contribution is 5.71. The van der Waals surface area contributed by atoms with E-state index in [2.05, 4.69) is 92.1 Å². The van der Waals surface area contributed by atoms with E-state index < -0.39 is 0 Å². The third-order valence-electron chi connectivity index (χ3n) is 4.49. The molecular formula is C22H25N2O+. The van der Waals surface area contributed by atoms with Gasteiger partial charge in [-0.05, 0) is 43.2 Å². The van der Waals surface area contributed by atoms with Crippen LogP contribution in [-0.4, -0.2) is 6.54 Å². The number of nitrogens with zero attached hydrogens (tertiary/aromatic N) is 1. The van der Waals surface area contributed by atoms with Crippen LogP contribution in [0.1, 0.15) is 31.5 Å². The van der Waals surface area contributed by atoms with Crippen LogP contribution in [0.15, 0.2) is 66.9 Å². The number of allylic oxidation sites excluding steroid dienone is 2. The Morgan fingerprint density at radius 1 is 1.20 bits per heavy atom. The summed E-state index contributed by atoms with van der Waals surface area (Å²) < 4.78 is 8.09. The average Bonchev–Trinajstić information content (AvgIpc) is 2.63. The molecule has 0 saturated heterocycles. The number of ether oxygens (including phenoxy) is 1. The van der Waals surface area contributed by atoms with Crippen LogP contribution >= 0.6 is 0 Å². The third-order valence-corrected chi connectivity index (χ3v) is 4.49. The predicted molar refractivity (Wildman–Crippen MR) is 103 cm³/mol. The fraction of sp³-hybridized carbons (Fsp3) is 0.227. The van der Waals surface area contributed by atoms with E-state index in [9.17, 15) is 0 Å². The van der Waals surface area contributed by atoms with Crippen molar-refractivity contribution in [3.8, 4) is 11.1 Å². The minimum absolute atomic E-state index is 0.587.